The van der Waals surface area contributed by atoms with Crippen LogP contribution in [0.5, 0.6) is 5.75 Å². The summed E-state index contributed by atoms with van der Waals surface area (Å²) in [7, 11) is 0. The Kier molecular flexibility index (Phi) is 9.08. The van der Waals surface area contributed by atoms with Gasteiger partial charge in [0.05, 0.1) is 16.7 Å². The van der Waals surface area contributed by atoms with Crippen LogP contribution in [-0.4, -0.2) is 31.3 Å². The topological polar surface area (TPSA) is 53.5 Å². The van der Waals surface area contributed by atoms with Gasteiger partial charge in [-0.3, -0.25) is 0 Å². The number of aliphatic hydroxyl groups excluding tert-OH is 1. The van der Waals surface area contributed by atoms with Crippen molar-refractivity contribution >= 4 is 23.2 Å². The van der Waals surface area contributed by atoms with Gasteiger partial charge in [0.2, 0.25) is 0 Å². The maximum absolute atomic E-state index is 8.67. The van der Waals surface area contributed by atoms with Gasteiger partial charge < -0.3 is 20.5 Å². The van der Waals surface area contributed by atoms with Gasteiger partial charge in [0.1, 0.15) is 12.4 Å². The Morgan fingerprint density at radius 2 is 1.56 bits per heavy atom. The van der Waals surface area contributed by atoms with Crippen molar-refractivity contribution in [2.75, 3.05) is 26.2 Å². The van der Waals surface area contributed by atoms with Gasteiger partial charge in [-0.25, -0.2) is 0 Å². The first kappa shape index (κ1) is 20.0. The molecule has 0 heterocycles. The molecule has 2 aromatic carbocycles. The zero-order valence-electron chi connectivity index (χ0n) is 14.1. The Balaban J connectivity index is 1.68. The highest BCUT2D eigenvalue weighted by molar-refractivity contribution is 6.42. The predicted octanol–water partition coefficient (Wildman–Crippen LogP) is 3.63. The number of benzene rings is 2. The summed E-state index contributed by atoms with van der Waals surface area (Å²) in [6, 6.07) is 13.5. The summed E-state index contributed by atoms with van der Waals surface area (Å²) in [5.74, 6) is 0.822. The van der Waals surface area contributed by atoms with Crippen molar-refractivity contribution in [2.45, 2.75) is 19.6 Å². The molecule has 0 fully saturated rings. The van der Waals surface area contributed by atoms with Crippen LogP contribution in [0.1, 0.15) is 17.5 Å². The molecule has 0 aromatic heterocycles. The van der Waals surface area contributed by atoms with Crippen molar-refractivity contribution in [1.29, 1.82) is 0 Å². The molecule has 6 heteroatoms. The van der Waals surface area contributed by atoms with E-state index in [9.17, 15) is 0 Å². The molecule has 2 rings (SSSR count). The molecule has 0 bridgehead atoms. The molecule has 136 valence electrons. The van der Waals surface area contributed by atoms with Crippen LogP contribution in [-0.2, 0) is 13.2 Å². The first-order valence-corrected chi connectivity index (χ1v) is 9.12. The van der Waals surface area contributed by atoms with E-state index in [1.807, 2.05) is 24.3 Å². The fourth-order valence-corrected chi connectivity index (χ4v) is 2.60. The maximum atomic E-state index is 8.67. The van der Waals surface area contributed by atoms with E-state index in [1.54, 1.807) is 6.07 Å². The van der Waals surface area contributed by atoms with Gasteiger partial charge in [-0.15, -0.1) is 0 Å². The molecular formula is C19H24Cl2N2O2. The van der Waals surface area contributed by atoms with Crippen molar-refractivity contribution in [2.24, 2.45) is 0 Å². The Hall–Kier alpha value is -1.30. The van der Waals surface area contributed by atoms with Crippen LogP contribution in [0, 0.1) is 0 Å². The van der Waals surface area contributed by atoms with Crippen LogP contribution in [0.15, 0.2) is 42.5 Å². The van der Waals surface area contributed by atoms with Gasteiger partial charge >= 0.3 is 0 Å². The largest absolute Gasteiger partial charge is 0.489 e. The number of halogens is 2. The van der Waals surface area contributed by atoms with E-state index in [4.69, 9.17) is 33.0 Å². The Morgan fingerprint density at radius 1 is 0.840 bits per heavy atom. The molecule has 0 amide bonds. The van der Waals surface area contributed by atoms with E-state index in [1.165, 1.54) is 5.56 Å². The smallest absolute Gasteiger partial charge is 0.119 e. The Morgan fingerprint density at radius 3 is 2.28 bits per heavy atom. The average molecular weight is 383 g/mol. The van der Waals surface area contributed by atoms with Crippen LogP contribution < -0.4 is 15.4 Å². The van der Waals surface area contributed by atoms with E-state index in [2.05, 4.69) is 22.8 Å². The summed E-state index contributed by atoms with van der Waals surface area (Å²) in [6.45, 7) is 3.97. The second kappa shape index (κ2) is 11.3. The number of hydrogen-bond acceptors (Lipinski definition) is 4. The second-order valence-corrected chi connectivity index (χ2v) is 6.50. The molecule has 0 saturated carbocycles. The third-order valence-electron chi connectivity index (χ3n) is 3.64. The molecule has 0 atom stereocenters. The first-order valence-electron chi connectivity index (χ1n) is 8.37. The minimum Gasteiger partial charge on any atom is -0.489 e. The highest BCUT2D eigenvalue weighted by atomic mass is 35.5. The summed E-state index contributed by atoms with van der Waals surface area (Å²) in [4.78, 5) is 0. The highest BCUT2D eigenvalue weighted by Crippen LogP contribution is 2.23. The standard InChI is InChI=1S/C19H24Cl2N2O2/c20-18-7-4-16(12-19(18)21)14-25-17-5-2-15(3-6-17)13-23-9-1-8-22-10-11-24/h2-7,12,22-24H,1,8-11,13-14H2. The average Bonchev–Trinajstić information content (AvgIpc) is 2.63. The lowest BCUT2D eigenvalue weighted by Gasteiger charge is -2.09. The summed E-state index contributed by atoms with van der Waals surface area (Å²) in [6.07, 6.45) is 1.03. The molecule has 0 aliphatic heterocycles. The van der Waals surface area contributed by atoms with Crippen LogP contribution in [0.4, 0.5) is 0 Å². The van der Waals surface area contributed by atoms with Crippen molar-refractivity contribution in [3.63, 3.8) is 0 Å². The van der Waals surface area contributed by atoms with E-state index in [0.29, 0.717) is 23.2 Å². The van der Waals surface area contributed by atoms with Gasteiger partial charge in [-0.2, -0.15) is 0 Å². The number of hydrogen-bond donors (Lipinski definition) is 3. The molecule has 0 unspecified atom stereocenters. The van der Waals surface area contributed by atoms with E-state index < -0.39 is 0 Å². The van der Waals surface area contributed by atoms with Gasteiger partial charge in [0, 0.05) is 13.1 Å². The van der Waals surface area contributed by atoms with Crippen LogP contribution >= 0.6 is 23.2 Å². The fourth-order valence-electron chi connectivity index (χ4n) is 2.27. The number of rotatable bonds is 11. The van der Waals surface area contributed by atoms with Crippen molar-refractivity contribution in [3.8, 4) is 5.75 Å². The molecule has 4 nitrogen and oxygen atoms in total. The molecule has 0 saturated heterocycles. The van der Waals surface area contributed by atoms with Gasteiger partial charge in [-0.1, -0.05) is 41.4 Å². The Labute approximate surface area is 159 Å². The lowest BCUT2D eigenvalue weighted by Crippen LogP contribution is -2.23. The van der Waals surface area contributed by atoms with Gasteiger partial charge in [0.15, 0.2) is 0 Å². The van der Waals surface area contributed by atoms with Crippen LogP contribution in [0.25, 0.3) is 0 Å². The number of ether oxygens (including phenoxy) is 1. The number of aliphatic hydroxyl groups is 1. The lowest BCUT2D eigenvalue weighted by molar-refractivity contribution is 0.292. The Bertz CT molecular complexity index is 636. The van der Waals surface area contributed by atoms with Crippen molar-refractivity contribution in [1.82, 2.24) is 10.6 Å². The molecule has 25 heavy (non-hydrogen) atoms. The predicted molar refractivity (Wildman–Crippen MR) is 104 cm³/mol. The molecule has 0 radical (unpaired) electrons. The summed E-state index contributed by atoms with van der Waals surface area (Å²) < 4.78 is 5.77. The van der Waals surface area contributed by atoms with E-state index >= 15 is 0 Å². The summed E-state index contributed by atoms with van der Waals surface area (Å²) in [5, 5.41) is 16.3. The normalized spacial score (nSPS) is 10.8. The highest BCUT2D eigenvalue weighted by Gasteiger charge is 2.01. The first-order chi connectivity index (χ1) is 12.2. The zero-order chi connectivity index (χ0) is 17.9. The van der Waals surface area contributed by atoms with Crippen LogP contribution in [0.2, 0.25) is 10.0 Å². The van der Waals surface area contributed by atoms with E-state index in [0.717, 1.165) is 37.4 Å². The third-order valence-corrected chi connectivity index (χ3v) is 4.38. The number of nitrogens with one attached hydrogen (secondary N) is 2. The molecule has 0 aliphatic rings. The van der Waals surface area contributed by atoms with E-state index in [-0.39, 0.29) is 6.61 Å². The molecule has 3 N–H and O–H groups in total. The van der Waals surface area contributed by atoms with Gasteiger partial charge in [0.25, 0.3) is 0 Å². The quantitative estimate of drug-likeness (QED) is 0.519. The lowest BCUT2D eigenvalue weighted by atomic mass is 10.2. The molecule has 0 spiro atoms. The van der Waals surface area contributed by atoms with Gasteiger partial charge in [-0.05, 0) is 54.9 Å². The van der Waals surface area contributed by atoms with Crippen LogP contribution in [0.3, 0.4) is 0 Å². The summed E-state index contributed by atoms with van der Waals surface area (Å²) in [5.41, 5.74) is 2.19. The zero-order valence-corrected chi connectivity index (χ0v) is 15.6. The second-order valence-electron chi connectivity index (χ2n) is 5.69. The monoisotopic (exact) mass is 382 g/mol. The summed E-state index contributed by atoms with van der Waals surface area (Å²) >= 11 is 11.9. The van der Waals surface area contributed by atoms with Crippen molar-refractivity contribution in [3.05, 3.63) is 63.6 Å². The SMILES string of the molecule is OCCNCCCNCc1ccc(OCc2ccc(Cl)c(Cl)c2)cc1. The minimum absolute atomic E-state index is 0.187. The fraction of sp³-hybridized carbons (Fsp3) is 0.368. The molecule has 0 aliphatic carbocycles. The van der Waals surface area contributed by atoms with Crippen molar-refractivity contribution < 1.29 is 9.84 Å². The molecular weight excluding hydrogens is 359 g/mol. The maximum Gasteiger partial charge on any atom is 0.119 e. The third kappa shape index (κ3) is 7.63. The minimum atomic E-state index is 0.187. The molecule has 2 aromatic rings.